The Morgan fingerprint density at radius 2 is 1.00 bits per heavy atom. The molecule has 0 fully saturated rings. The summed E-state index contributed by atoms with van der Waals surface area (Å²) < 4.78 is 8.73. The lowest BCUT2D eigenvalue weighted by molar-refractivity contribution is 0.669. The summed E-state index contributed by atoms with van der Waals surface area (Å²) in [6.45, 7) is 0. The first kappa shape index (κ1) is 27.5. The average molecular weight is 627 g/mol. The molecule has 0 aliphatic rings. The molecule has 0 aliphatic heterocycles. The van der Waals surface area contributed by atoms with Crippen molar-refractivity contribution in [2.75, 3.05) is 4.90 Å². The number of para-hydroxylation sites is 2. The Labute approximate surface area is 283 Å². The van der Waals surface area contributed by atoms with Crippen molar-refractivity contribution in [1.29, 1.82) is 0 Å². The zero-order valence-corrected chi connectivity index (χ0v) is 26.6. The molecule has 0 saturated heterocycles. The van der Waals surface area contributed by atoms with Crippen molar-refractivity contribution < 1.29 is 4.42 Å². The third kappa shape index (κ3) is 4.44. The summed E-state index contributed by atoms with van der Waals surface area (Å²) in [7, 11) is 0. The molecule has 10 rings (SSSR count). The van der Waals surface area contributed by atoms with Crippen molar-refractivity contribution in [3.63, 3.8) is 0 Å². The average Bonchev–Trinajstić information content (AvgIpc) is 3.72. The van der Waals surface area contributed by atoms with Crippen LogP contribution in [0, 0.1) is 0 Å². The maximum atomic E-state index is 6.34. The van der Waals surface area contributed by atoms with Crippen molar-refractivity contribution >= 4 is 71.6 Å². The number of hydrogen-bond acceptors (Lipinski definition) is 2. The molecular formula is C46H30N2O. The van der Waals surface area contributed by atoms with Crippen molar-refractivity contribution in [3.05, 3.63) is 182 Å². The first-order chi connectivity index (χ1) is 24.3. The Balaban J connectivity index is 1.13. The zero-order chi connectivity index (χ0) is 32.3. The van der Waals surface area contributed by atoms with Crippen LogP contribution in [-0.4, -0.2) is 4.57 Å². The fourth-order valence-corrected chi connectivity index (χ4v) is 7.50. The smallest absolute Gasteiger partial charge is 0.137 e. The summed E-state index contributed by atoms with van der Waals surface area (Å²) in [4.78, 5) is 2.31. The van der Waals surface area contributed by atoms with E-state index < -0.39 is 0 Å². The lowest BCUT2D eigenvalue weighted by Gasteiger charge is -2.26. The molecule has 0 aliphatic carbocycles. The van der Waals surface area contributed by atoms with E-state index in [-0.39, 0.29) is 0 Å². The number of benzene rings is 8. The fourth-order valence-electron chi connectivity index (χ4n) is 7.50. The molecule has 2 aromatic heterocycles. The molecule has 0 unspecified atom stereocenters. The van der Waals surface area contributed by atoms with Gasteiger partial charge in [0.05, 0.1) is 11.0 Å². The Hall–Kier alpha value is -6.58. The summed E-state index contributed by atoms with van der Waals surface area (Å²) in [6, 6.07) is 64.9. The Morgan fingerprint density at radius 3 is 1.82 bits per heavy atom. The van der Waals surface area contributed by atoms with Gasteiger partial charge in [-0.1, -0.05) is 109 Å². The second-order valence-electron chi connectivity index (χ2n) is 12.6. The third-order valence-corrected chi connectivity index (χ3v) is 9.78. The summed E-state index contributed by atoms with van der Waals surface area (Å²) in [5, 5.41) is 7.33. The molecule has 2 heterocycles. The molecule has 0 amide bonds. The lowest BCUT2D eigenvalue weighted by atomic mass is 10.0. The molecule has 230 valence electrons. The molecule has 0 saturated carbocycles. The highest BCUT2D eigenvalue weighted by molar-refractivity contribution is 6.21. The van der Waals surface area contributed by atoms with Crippen LogP contribution in [0.5, 0.6) is 0 Å². The van der Waals surface area contributed by atoms with Crippen molar-refractivity contribution in [2.24, 2.45) is 0 Å². The van der Waals surface area contributed by atoms with Crippen molar-refractivity contribution in [1.82, 2.24) is 4.57 Å². The molecular weight excluding hydrogens is 597 g/mol. The van der Waals surface area contributed by atoms with Crippen LogP contribution >= 0.6 is 0 Å². The summed E-state index contributed by atoms with van der Waals surface area (Å²) in [6.07, 6.45) is 0. The van der Waals surface area contributed by atoms with E-state index in [4.69, 9.17) is 4.42 Å². The van der Waals surface area contributed by atoms with Crippen LogP contribution in [0.1, 0.15) is 0 Å². The minimum atomic E-state index is 0.874. The second-order valence-corrected chi connectivity index (χ2v) is 12.6. The largest absolute Gasteiger partial charge is 0.456 e. The second kappa shape index (κ2) is 11.0. The molecule has 3 nitrogen and oxygen atoms in total. The monoisotopic (exact) mass is 626 g/mol. The van der Waals surface area contributed by atoms with Crippen LogP contribution in [-0.2, 0) is 0 Å². The first-order valence-corrected chi connectivity index (χ1v) is 16.7. The van der Waals surface area contributed by atoms with Gasteiger partial charge >= 0.3 is 0 Å². The van der Waals surface area contributed by atoms with Crippen molar-refractivity contribution in [3.8, 4) is 16.8 Å². The minimum Gasteiger partial charge on any atom is -0.456 e. The lowest BCUT2D eigenvalue weighted by Crippen LogP contribution is -2.10. The van der Waals surface area contributed by atoms with Gasteiger partial charge in [-0.15, -0.1) is 0 Å². The van der Waals surface area contributed by atoms with Gasteiger partial charge in [0.2, 0.25) is 0 Å². The van der Waals surface area contributed by atoms with Crippen LogP contribution in [0.4, 0.5) is 17.1 Å². The number of anilines is 3. The molecule has 0 bridgehead atoms. The van der Waals surface area contributed by atoms with Crippen LogP contribution in [0.2, 0.25) is 0 Å². The predicted molar refractivity (Wildman–Crippen MR) is 206 cm³/mol. The standard InChI is InChI=1S/C46H30N2O/c1-2-10-31(11-3-1)32-18-21-34(22-19-32)47(37-27-28-40-39-14-7-9-17-44(39)49-45(40)30-37)35-23-25-36(26-24-35)48-42-16-8-6-15-41(42)46-38-13-5-4-12-33(38)20-29-43(46)48/h1-30H. The summed E-state index contributed by atoms with van der Waals surface area (Å²) >= 11 is 0. The van der Waals surface area contributed by atoms with E-state index >= 15 is 0 Å². The van der Waals surface area contributed by atoms with Gasteiger partial charge in [-0.05, 0) is 88.6 Å². The van der Waals surface area contributed by atoms with Crippen LogP contribution in [0.25, 0.3) is 71.3 Å². The maximum Gasteiger partial charge on any atom is 0.137 e. The van der Waals surface area contributed by atoms with E-state index in [0.717, 1.165) is 44.7 Å². The fraction of sp³-hybridized carbons (Fsp3) is 0. The van der Waals surface area contributed by atoms with Gasteiger partial charge in [-0.25, -0.2) is 0 Å². The van der Waals surface area contributed by atoms with Crippen LogP contribution in [0.15, 0.2) is 186 Å². The number of furan rings is 1. The predicted octanol–water partition coefficient (Wildman–Crippen LogP) is 13.0. The van der Waals surface area contributed by atoms with Gasteiger partial charge in [0.15, 0.2) is 0 Å². The highest BCUT2D eigenvalue weighted by atomic mass is 16.3. The zero-order valence-electron chi connectivity index (χ0n) is 26.6. The van der Waals surface area contributed by atoms with E-state index in [2.05, 4.69) is 179 Å². The van der Waals surface area contributed by atoms with Crippen LogP contribution < -0.4 is 4.90 Å². The van der Waals surface area contributed by atoms with E-state index in [1.165, 1.54) is 43.7 Å². The SMILES string of the molecule is c1ccc(-c2ccc(N(c3ccc(-n4c5ccccc5c5c6ccccc6ccc54)cc3)c3ccc4c(c3)oc3ccccc34)cc2)cc1. The van der Waals surface area contributed by atoms with Gasteiger partial charge in [0, 0.05) is 50.4 Å². The Morgan fingerprint density at radius 1 is 0.388 bits per heavy atom. The van der Waals surface area contributed by atoms with Gasteiger partial charge in [-0.3, -0.25) is 0 Å². The molecule has 10 aromatic rings. The molecule has 0 N–H and O–H groups in total. The molecule has 0 spiro atoms. The van der Waals surface area contributed by atoms with E-state index in [0.29, 0.717) is 0 Å². The normalized spacial score (nSPS) is 11.7. The number of fused-ring (bicyclic) bond motifs is 8. The highest BCUT2D eigenvalue weighted by Gasteiger charge is 2.18. The number of rotatable bonds is 5. The van der Waals surface area contributed by atoms with Gasteiger partial charge in [0.25, 0.3) is 0 Å². The molecule has 3 heteroatoms. The Kier molecular flexibility index (Phi) is 6.18. The third-order valence-electron chi connectivity index (χ3n) is 9.78. The van der Waals surface area contributed by atoms with E-state index in [1.807, 2.05) is 12.1 Å². The van der Waals surface area contributed by atoms with Crippen molar-refractivity contribution in [2.45, 2.75) is 0 Å². The van der Waals surface area contributed by atoms with Gasteiger partial charge in [0.1, 0.15) is 11.2 Å². The molecule has 49 heavy (non-hydrogen) atoms. The van der Waals surface area contributed by atoms with Crippen LogP contribution in [0.3, 0.4) is 0 Å². The molecule has 0 atom stereocenters. The molecule has 0 radical (unpaired) electrons. The van der Waals surface area contributed by atoms with Gasteiger partial charge < -0.3 is 13.9 Å². The minimum absolute atomic E-state index is 0.874. The first-order valence-electron chi connectivity index (χ1n) is 16.7. The Bertz CT molecular complexity index is 2810. The number of aromatic nitrogens is 1. The van der Waals surface area contributed by atoms with E-state index in [9.17, 15) is 0 Å². The maximum absolute atomic E-state index is 6.34. The van der Waals surface area contributed by atoms with E-state index in [1.54, 1.807) is 0 Å². The summed E-state index contributed by atoms with van der Waals surface area (Å²) in [5.41, 5.74) is 10.9. The number of hydrogen-bond donors (Lipinski definition) is 0. The highest BCUT2D eigenvalue weighted by Crippen LogP contribution is 2.41. The van der Waals surface area contributed by atoms with Gasteiger partial charge in [-0.2, -0.15) is 0 Å². The topological polar surface area (TPSA) is 21.3 Å². The summed E-state index contributed by atoms with van der Waals surface area (Å²) in [5.74, 6) is 0. The molecule has 8 aromatic carbocycles. The number of nitrogens with zero attached hydrogens (tertiary/aromatic N) is 2. The quantitative estimate of drug-likeness (QED) is 0.190.